The maximum absolute atomic E-state index is 14.2. The number of nitrogens with zero attached hydrogens (tertiary/aromatic N) is 4. The van der Waals surface area contributed by atoms with Gasteiger partial charge in [0, 0.05) is 25.2 Å². The molecule has 0 saturated heterocycles. The second-order valence-corrected chi connectivity index (χ2v) is 9.48. The molecule has 9 nitrogen and oxygen atoms in total. The van der Waals surface area contributed by atoms with Crippen LogP contribution in [0.2, 0.25) is 0 Å². The number of carbonyl (C=O) groups excluding carboxylic acids is 2. The number of imidazole rings is 1. The zero-order valence-electron chi connectivity index (χ0n) is 20.3. The molecular weight excluding hydrogens is 458 g/mol. The van der Waals surface area contributed by atoms with Crippen LogP contribution in [0.15, 0.2) is 36.7 Å². The Morgan fingerprint density at radius 3 is 2.97 bits per heavy atom. The number of aryl methyl sites for hydroxylation is 2. The minimum atomic E-state index is -0.432. The molecule has 2 aromatic heterocycles. The molecule has 2 amide bonds. The fraction of sp³-hybridized carbons (Fsp3) is 0.407. The van der Waals surface area contributed by atoms with Crippen LogP contribution in [0.5, 0.6) is 11.6 Å². The highest BCUT2D eigenvalue weighted by Crippen LogP contribution is 2.38. The summed E-state index contributed by atoms with van der Waals surface area (Å²) in [7, 11) is 1.56. The normalized spacial score (nSPS) is 19.1. The summed E-state index contributed by atoms with van der Waals surface area (Å²) in [6.07, 6.45) is 5.88. The number of nitrogens with one attached hydrogen (secondary N) is 1. The van der Waals surface area contributed by atoms with Crippen LogP contribution in [0.3, 0.4) is 0 Å². The Hall–Kier alpha value is -3.88. The van der Waals surface area contributed by atoms with Crippen LogP contribution in [0.4, 0.5) is 0 Å². The highest BCUT2D eigenvalue weighted by Gasteiger charge is 2.38. The molecule has 1 atom stereocenters. The summed E-state index contributed by atoms with van der Waals surface area (Å²) in [6, 6.07) is 9.38. The van der Waals surface area contributed by atoms with E-state index in [1.54, 1.807) is 13.4 Å². The van der Waals surface area contributed by atoms with E-state index in [2.05, 4.69) is 15.3 Å². The molecule has 6 rings (SSSR count). The fourth-order valence-electron chi connectivity index (χ4n) is 5.52. The smallest absolute Gasteiger partial charge is 0.260 e. The number of fused-ring (bicyclic) bond motifs is 4. The van der Waals surface area contributed by atoms with Crippen molar-refractivity contribution >= 4 is 11.8 Å². The van der Waals surface area contributed by atoms with Gasteiger partial charge in [0.05, 0.1) is 37.5 Å². The van der Waals surface area contributed by atoms with Gasteiger partial charge in [-0.05, 0) is 55.0 Å². The molecule has 0 saturated carbocycles. The van der Waals surface area contributed by atoms with Crippen molar-refractivity contribution in [3.8, 4) is 11.6 Å². The number of pyridine rings is 1. The van der Waals surface area contributed by atoms with Gasteiger partial charge < -0.3 is 24.3 Å². The second kappa shape index (κ2) is 9.29. The molecule has 0 fully saturated rings. The van der Waals surface area contributed by atoms with E-state index in [0.717, 1.165) is 53.2 Å². The van der Waals surface area contributed by atoms with E-state index in [4.69, 9.17) is 9.47 Å². The Bertz CT molecular complexity index is 1330. The number of aromatic nitrogens is 3. The summed E-state index contributed by atoms with van der Waals surface area (Å²) in [5.74, 6) is 0.867. The monoisotopic (exact) mass is 487 g/mol. The fourth-order valence-corrected chi connectivity index (χ4v) is 5.52. The minimum Gasteiger partial charge on any atom is -0.494 e. The van der Waals surface area contributed by atoms with E-state index in [-0.39, 0.29) is 18.4 Å². The lowest BCUT2D eigenvalue weighted by molar-refractivity contribution is -0.121. The molecule has 36 heavy (non-hydrogen) atoms. The molecule has 9 heteroatoms. The lowest BCUT2D eigenvalue weighted by atomic mass is 9.94. The minimum absolute atomic E-state index is 0.0900. The molecule has 1 aromatic carbocycles. The Balaban J connectivity index is 1.48. The predicted octanol–water partition coefficient (Wildman–Crippen LogP) is 2.46. The molecule has 0 radical (unpaired) electrons. The average Bonchev–Trinajstić information content (AvgIpc) is 3.53. The number of hydrogen-bond acceptors (Lipinski definition) is 6. The Morgan fingerprint density at radius 2 is 2.08 bits per heavy atom. The van der Waals surface area contributed by atoms with Gasteiger partial charge in [0.2, 0.25) is 11.8 Å². The standard InChI is InChI=1S/C27H29N5O4/c1-35-26-20(14-17-5-3-8-21(17)30-26)27(34)32-11-9-22-25-24(32)18-6-2-7-19(13-18)36-12-4-10-28-23(33)15-31(25)16-29-22/h2,6-7,13-14,16,24H,3-5,8-12,15H2,1H3,(H,28,33). The number of amides is 2. The first-order valence-electron chi connectivity index (χ1n) is 12.5. The summed E-state index contributed by atoms with van der Waals surface area (Å²) in [5.41, 5.74) is 5.27. The van der Waals surface area contributed by atoms with E-state index in [1.807, 2.05) is 39.8 Å². The number of hydrogen-bond donors (Lipinski definition) is 1. The van der Waals surface area contributed by atoms with Crippen LogP contribution in [-0.2, 0) is 30.6 Å². The SMILES string of the molecule is COc1nc2c(cc1C(=O)N1CCc3ncn4c3C1c1cccc(c1)OCCCNC(=O)C4)CCC2. The van der Waals surface area contributed by atoms with Gasteiger partial charge in [-0.2, -0.15) is 0 Å². The Morgan fingerprint density at radius 1 is 1.17 bits per heavy atom. The maximum atomic E-state index is 14.2. The first-order chi connectivity index (χ1) is 17.6. The largest absolute Gasteiger partial charge is 0.494 e. The summed E-state index contributed by atoms with van der Waals surface area (Å²) in [5, 5.41) is 2.96. The van der Waals surface area contributed by atoms with Crippen LogP contribution >= 0.6 is 0 Å². The van der Waals surface area contributed by atoms with Crippen LogP contribution in [-0.4, -0.2) is 58.1 Å². The zero-order chi connectivity index (χ0) is 24.6. The first kappa shape index (κ1) is 22.6. The molecule has 4 heterocycles. The highest BCUT2D eigenvalue weighted by molar-refractivity contribution is 5.97. The predicted molar refractivity (Wildman–Crippen MR) is 131 cm³/mol. The van der Waals surface area contributed by atoms with Crippen molar-refractivity contribution in [3.05, 3.63) is 70.4 Å². The number of benzene rings is 1. The van der Waals surface area contributed by atoms with Gasteiger partial charge in [0.15, 0.2) is 0 Å². The number of ether oxygens (including phenoxy) is 2. The molecule has 3 aliphatic rings. The van der Waals surface area contributed by atoms with Crippen molar-refractivity contribution in [2.45, 2.75) is 44.7 Å². The van der Waals surface area contributed by atoms with E-state index >= 15 is 0 Å². The van der Waals surface area contributed by atoms with E-state index in [1.165, 1.54) is 0 Å². The summed E-state index contributed by atoms with van der Waals surface area (Å²) >= 11 is 0. The summed E-state index contributed by atoms with van der Waals surface area (Å²) in [4.78, 5) is 38.0. The van der Waals surface area contributed by atoms with Crippen molar-refractivity contribution in [1.29, 1.82) is 0 Å². The van der Waals surface area contributed by atoms with Crippen molar-refractivity contribution in [2.75, 3.05) is 26.8 Å². The van der Waals surface area contributed by atoms with Gasteiger partial charge in [0.1, 0.15) is 17.9 Å². The first-order valence-corrected chi connectivity index (χ1v) is 12.5. The molecule has 2 bridgehead atoms. The lowest BCUT2D eigenvalue weighted by Gasteiger charge is -2.37. The zero-order valence-corrected chi connectivity index (χ0v) is 20.3. The van der Waals surface area contributed by atoms with Crippen LogP contribution in [0.1, 0.15) is 57.5 Å². The van der Waals surface area contributed by atoms with Gasteiger partial charge in [-0.1, -0.05) is 12.1 Å². The van der Waals surface area contributed by atoms with E-state index < -0.39 is 6.04 Å². The molecule has 1 N–H and O–H groups in total. The molecule has 1 unspecified atom stereocenters. The second-order valence-electron chi connectivity index (χ2n) is 9.48. The van der Waals surface area contributed by atoms with Gasteiger partial charge in [-0.15, -0.1) is 0 Å². The van der Waals surface area contributed by atoms with Crippen molar-refractivity contribution in [3.63, 3.8) is 0 Å². The van der Waals surface area contributed by atoms with Gasteiger partial charge >= 0.3 is 0 Å². The summed E-state index contributed by atoms with van der Waals surface area (Å²) < 4.78 is 13.4. The molecule has 2 aliphatic heterocycles. The van der Waals surface area contributed by atoms with Crippen molar-refractivity contribution in [1.82, 2.24) is 24.8 Å². The third-order valence-electron chi connectivity index (χ3n) is 7.22. The van der Waals surface area contributed by atoms with Crippen LogP contribution < -0.4 is 14.8 Å². The lowest BCUT2D eigenvalue weighted by Crippen LogP contribution is -2.42. The third kappa shape index (κ3) is 3.98. The van der Waals surface area contributed by atoms with E-state index in [0.29, 0.717) is 44.0 Å². The van der Waals surface area contributed by atoms with Gasteiger partial charge in [-0.25, -0.2) is 9.97 Å². The third-order valence-corrected chi connectivity index (χ3v) is 7.22. The van der Waals surface area contributed by atoms with Crippen molar-refractivity contribution in [2.24, 2.45) is 0 Å². The summed E-state index contributed by atoms with van der Waals surface area (Å²) in [6.45, 7) is 1.67. The quantitative estimate of drug-likeness (QED) is 0.596. The molecule has 3 aromatic rings. The molecule has 1 aliphatic carbocycles. The van der Waals surface area contributed by atoms with Gasteiger partial charge in [-0.3, -0.25) is 9.59 Å². The number of rotatable bonds is 2. The van der Waals surface area contributed by atoms with Crippen LogP contribution in [0.25, 0.3) is 0 Å². The highest BCUT2D eigenvalue weighted by atomic mass is 16.5. The molecular formula is C27H29N5O4. The van der Waals surface area contributed by atoms with Crippen molar-refractivity contribution < 1.29 is 19.1 Å². The maximum Gasteiger partial charge on any atom is 0.260 e. The Labute approximate surface area is 209 Å². The average molecular weight is 488 g/mol. The van der Waals surface area contributed by atoms with E-state index in [9.17, 15) is 9.59 Å². The van der Waals surface area contributed by atoms with Gasteiger partial charge in [0.25, 0.3) is 5.91 Å². The Kier molecular flexibility index (Phi) is 5.83. The molecule has 186 valence electrons. The topological polar surface area (TPSA) is 98.6 Å². The number of methoxy groups -OCH3 is 1. The molecule has 0 spiro atoms. The van der Waals surface area contributed by atoms with Crippen LogP contribution in [0, 0.1) is 0 Å². The number of carbonyl (C=O) groups is 2.